The van der Waals surface area contributed by atoms with Crippen molar-refractivity contribution >= 4 is 11.8 Å². The maximum absolute atomic E-state index is 12.3. The van der Waals surface area contributed by atoms with Crippen molar-refractivity contribution < 1.29 is 22.8 Å². The van der Waals surface area contributed by atoms with E-state index in [2.05, 4.69) is 0 Å². The van der Waals surface area contributed by atoms with Crippen LogP contribution in [-0.2, 0) is 16.0 Å². The molecule has 1 N–H and O–H groups in total. The number of piperidine rings is 1. The number of benzene rings is 1. The van der Waals surface area contributed by atoms with Crippen molar-refractivity contribution in [1.29, 1.82) is 0 Å². The molecule has 4 nitrogen and oxygen atoms in total. The Bertz CT molecular complexity index is 609. The first-order chi connectivity index (χ1) is 11.8. The van der Waals surface area contributed by atoms with Gasteiger partial charge in [0.05, 0.1) is 0 Å². The monoisotopic (exact) mass is 356 g/mol. The minimum absolute atomic E-state index is 0.00356. The zero-order valence-corrected chi connectivity index (χ0v) is 14.2. The van der Waals surface area contributed by atoms with Crippen molar-refractivity contribution in [2.45, 2.75) is 38.8 Å². The minimum atomic E-state index is -4.84. The molecule has 1 aliphatic heterocycles. The number of hydrogen-bond acceptors (Lipinski definition) is 2. The second-order valence-corrected chi connectivity index (χ2v) is 6.46. The Balaban J connectivity index is 1.71. The fraction of sp³-hybridized carbons (Fsp3) is 0.556. The predicted molar refractivity (Wildman–Crippen MR) is 87.9 cm³/mol. The van der Waals surface area contributed by atoms with Crippen LogP contribution in [0.5, 0.6) is 0 Å². The highest BCUT2D eigenvalue weighted by Crippen LogP contribution is 2.19. The molecule has 0 atom stereocenters. The molecule has 2 amide bonds. The van der Waals surface area contributed by atoms with Crippen LogP contribution in [0.25, 0.3) is 0 Å². The summed E-state index contributed by atoms with van der Waals surface area (Å²) in [4.78, 5) is 24.9. The molecule has 0 bridgehead atoms. The van der Waals surface area contributed by atoms with Gasteiger partial charge in [0.15, 0.2) is 0 Å². The predicted octanol–water partition coefficient (Wildman–Crippen LogP) is 2.84. The second-order valence-electron chi connectivity index (χ2n) is 6.46. The number of alkyl halides is 3. The van der Waals surface area contributed by atoms with E-state index in [1.54, 1.807) is 4.90 Å². The van der Waals surface area contributed by atoms with Crippen LogP contribution in [0.1, 0.15) is 30.4 Å². The van der Waals surface area contributed by atoms with Crippen LogP contribution in [0.15, 0.2) is 24.3 Å². The van der Waals surface area contributed by atoms with Crippen molar-refractivity contribution in [2.75, 3.05) is 19.6 Å². The summed E-state index contributed by atoms with van der Waals surface area (Å²) < 4.78 is 36.5. The molecule has 1 aliphatic rings. The highest BCUT2D eigenvalue weighted by atomic mass is 19.4. The Morgan fingerprint density at radius 1 is 1.20 bits per heavy atom. The zero-order valence-electron chi connectivity index (χ0n) is 14.2. The molecular weight excluding hydrogens is 333 g/mol. The number of hydrogen-bond donors (Lipinski definition) is 1. The zero-order chi connectivity index (χ0) is 18.4. The van der Waals surface area contributed by atoms with Crippen LogP contribution >= 0.6 is 0 Å². The third-order valence-corrected chi connectivity index (χ3v) is 4.65. The fourth-order valence-corrected chi connectivity index (χ4v) is 3.01. The summed E-state index contributed by atoms with van der Waals surface area (Å²) in [7, 11) is 0. The number of nitrogens with one attached hydrogen (secondary N) is 1. The molecule has 25 heavy (non-hydrogen) atoms. The van der Waals surface area contributed by atoms with Gasteiger partial charge in [0, 0.05) is 26.1 Å². The van der Waals surface area contributed by atoms with E-state index in [4.69, 9.17) is 0 Å². The lowest BCUT2D eigenvalue weighted by Crippen LogP contribution is -2.44. The molecule has 1 aromatic rings. The van der Waals surface area contributed by atoms with Crippen molar-refractivity contribution in [3.63, 3.8) is 0 Å². The van der Waals surface area contributed by atoms with Crippen LogP contribution in [-0.4, -0.2) is 42.5 Å². The third kappa shape index (κ3) is 5.76. The van der Waals surface area contributed by atoms with Gasteiger partial charge in [-0.2, -0.15) is 13.2 Å². The number of halogens is 3. The largest absolute Gasteiger partial charge is 0.471 e. The van der Waals surface area contributed by atoms with Crippen molar-refractivity contribution in [3.8, 4) is 0 Å². The van der Waals surface area contributed by atoms with Gasteiger partial charge < -0.3 is 10.2 Å². The normalized spacial score (nSPS) is 15.9. The Morgan fingerprint density at radius 2 is 1.84 bits per heavy atom. The number of likely N-dealkylation sites (tertiary alicyclic amines) is 1. The first-order valence-electron chi connectivity index (χ1n) is 8.44. The van der Waals surface area contributed by atoms with E-state index < -0.39 is 12.1 Å². The summed E-state index contributed by atoms with van der Waals surface area (Å²) in [6.07, 6.45) is -2.51. The van der Waals surface area contributed by atoms with Crippen LogP contribution in [0.2, 0.25) is 0 Å². The first kappa shape index (κ1) is 19.3. The van der Waals surface area contributed by atoms with Gasteiger partial charge in [-0.1, -0.05) is 24.3 Å². The van der Waals surface area contributed by atoms with Gasteiger partial charge in [-0.15, -0.1) is 0 Å². The van der Waals surface area contributed by atoms with Gasteiger partial charge >= 0.3 is 12.1 Å². The quantitative estimate of drug-likeness (QED) is 0.882. The van der Waals surface area contributed by atoms with Crippen molar-refractivity contribution in [1.82, 2.24) is 10.2 Å². The summed E-state index contributed by atoms with van der Waals surface area (Å²) >= 11 is 0. The molecule has 0 aromatic heterocycles. The molecule has 7 heteroatoms. The van der Waals surface area contributed by atoms with Crippen LogP contribution in [0.3, 0.4) is 0 Å². The SMILES string of the molecule is Cc1ccccc1CCC(=O)N1CCC(CNC(=O)C(F)(F)F)CC1. The Kier molecular flexibility index (Phi) is 6.45. The number of carbonyl (C=O) groups excluding carboxylic acids is 2. The molecule has 1 aromatic carbocycles. The molecule has 0 unspecified atom stereocenters. The highest BCUT2D eigenvalue weighted by Gasteiger charge is 2.38. The van der Waals surface area contributed by atoms with Crippen LogP contribution in [0.4, 0.5) is 13.2 Å². The molecule has 1 saturated heterocycles. The molecule has 138 valence electrons. The molecule has 2 rings (SSSR count). The molecule has 0 saturated carbocycles. The number of rotatable bonds is 5. The lowest BCUT2D eigenvalue weighted by atomic mass is 9.96. The van der Waals surface area contributed by atoms with E-state index in [9.17, 15) is 22.8 Å². The lowest BCUT2D eigenvalue weighted by Gasteiger charge is -2.32. The second kappa shape index (κ2) is 8.36. The van der Waals surface area contributed by atoms with Gasteiger partial charge in [0.25, 0.3) is 0 Å². The number of aryl methyl sites for hydroxylation is 2. The Labute approximate surface area is 145 Å². The van der Waals surface area contributed by atoms with Gasteiger partial charge in [-0.25, -0.2) is 0 Å². The Morgan fingerprint density at radius 3 is 2.44 bits per heavy atom. The molecule has 0 radical (unpaired) electrons. The molecule has 0 spiro atoms. The van der Waals surface area contributed by atoms with E-state index in [0.29, 0.717) is 38.8 Å². The summed E-state index contributed by atoms with van der Waals surface area (Å²) in [6.45, 7) is 3.07. The fourth-order valence-electron chi connectivity index (χ4n) is 3.01. The third-order valence-electron chi connectivity index (χ3n) is 4.65. The highest BCUT2D eigenvalue weighted by molar-refractivity contribution is 5.81. The van der Waals surface area contributed by atoms with Gasteiger partial charge in [0.2, 0.25) is 5.91 Å². The topological polar surface area (TPSA) is 49.4 Å². The summed E-state index contributed by atoms with van der Waals surface area (Å²) in [5.74, 6) is -1.85. The number of nitrogens with zero attached hydrogens (tertiary/aromatic N) is 1. The molecule has 1 fully saturated rings. The van der Waals surface area contributed by atoms with E-state index in [1.165, 1.54) is 0 Å². The standard InChI is InChI=1S/C18H23F3N2O2/c1-13-4-2-3-5-15(13)6-7-16(24)23-10-8-14(9-11-23)12-22-17(25)18(19,20)21/h2-5,14H,6-12H2,1H3,(H,22,25). The number of carbonyl (C=O) groups is 2. The molecular formula is C18H23F3N2O2. The lowest BCUT2D eigenvalue weighted by molar-refractivity contribution is -0.173. The Hall–Kier alpha value is -2.05. The van der Waals surface area contributed by atoms with E-state index in [0.717, 1.165) is 11.1 Å². The molecule has 1 heterocycles. The average Bonchev–Trinajstić information content (AvgIpc) is 2.58. The van der Waals surface area contributed by atoms with E-state index in [-0.39, 0.29) is 18.4 Å². The number of amides is 2. The minimum Gasteiger partial charge on any atom is -0.348 e. The maximum Gasteiger partial charge on any atom is 0.471 e. The van der Waals surface area contributed by atoms with E-state index >= 15 is 0 Å². The van der Waals surface area contributed by atoms with Crippen molar-refractivity contribution in [3.05, 3.63) is 35.4 Å². The molecule has 0 aliphatic carbocycles. The van der Waals surface area contributed by atoms with E-state index in [1.807, 2.05) is 36.5 Å². The average molecular weight is 356 g/mol. The summed E-state index contributed by atoms with van der Waals surface area (Å²) in [6, 6.07) is 7.94. The van der Waals surface area contributed by atoms with Crippen molar-refractivity contribution in [2.24, 2.45) is 5.92 Å². The first-order valence-corrected chi connectivity index (χ1v) is 8.44. The van der Waals surface area contributed by atoms with Crippen LogP contribution < -0.4 is 5.32 Å². The summed E-state index contributed by atoms with van der Waals surface area (Å²) in [5.41, 5.74) is 2.31. The van der Waals surface area contributed by atoms with Gasteiger partial charge in [-0.05, 0) is 43.2 Å². The van der Waals surface area contributed by atoms with Gasteiger partial charge in [-0.3, -0.25) is 9.59 Å². The maximum atomic E-state index is 12.3. The smallest absolute Gasteiger partial charge is 0.348 e. The van der Waals surface area contributed by atoms with Gasteiger partial charge in [0.1, 0.15) is 0 Å². The summed E-state index contributed by atoms with van der Waals surface area (Å²) in [5, 5.41) is 1.92. The van der Waals surface area contributed by atoms with Crippen LogP contribution in [0, 0.1) is 12.8 Å².